The molecule has 3 N–H and O–H groups in total. The Hall–Kier alpha value is -1.98. The van der Waals surface area contributed by atoms with Crippen LogP contribution >= 0.6 is 11.6 Å². The summed E-state index contributed by atoms with van der Waals surface area (Å²) in [5.74, 6) is -0.717. The molecule has 1 heterocycles. The van der Waals surface area contributed by atoms with Gasteiger partial charge in [0.1, 0.15) is 0 Å². The lowest BCUT2D eigenvalue weighted by atomic mass is 9.99. The summed E-state index contributed by atoms with van der Waals surface area (Å²) in [4.78, 5) is 12.7. The number of carbonyl (C=O) groups excluding carboxylic acids is 1. The van der Waals surface area contributed by atoms with E-state index in [1.807, 2.05) is 0 Å². The second kappa shape index (κ2) is 9.03. The topological polar surface area (TPSA) is 127 Å². The van der Waals surface area contributed by atoms with Crippen molar-refractivity contribution in [3.05, 3.63) is 59.1 Å². The molecule has 1 saturated heterocycles. The number of rotatable bonds is 6. The van der Waals surface area contributed by atoms with Crippen LogP contribution in [0.5, 0.6) is 0 Å². The van der Waals surface area contributed by atoms with Gasteiger partial charge < -0.3 is 5.32 Å². The summed E-state index contributed by atoms with van der Waals surface area (Å²) in [6.07, 6.45) is 1.16. The highest BCUT2D eigenvalue weighted by Gasteiger charge is 2.33. The van der Waals surface area contributed by atoms with Gasteiger partial charge in [0.05, 0.1) is 15.7 Å². The van der Waals surface area contributed by atoms with Crippen molar-refractivity contribution in [2.45, 2.75) is 29.2 Å². The van der Waals surface area contributed by atoms with Gasteiger partial charge in [-0.25, -0.2) is 22.0 Å². The third-order valence-electron chi connectivity index (χ3n) is 4.92. The van der Waals surface area contributed by atoms with Gasteiger partial charge in [-0.2, -0.15) is 4.31 Å². The van der Waals surface area contributed by atoms with Gasteiger partial charge >= 0.3 is 0 Å². The molecule has 1 aliphatic rings. The summed E-state index contributed by atoms with van der Waals surface area (Å²) in [7, 11) is -7.48. The summed E-state index contributed by atoms with van der Waals surface area (Å²) in [6, 6.07) is 11.8. The van der Waals surface area contributed by atoms with Crippen LogP contribution in [-0.4, -0.2) is 40.1 Å². The quantitative estimate of drug-likeness (QED) is 0.663. The number of carbonyl (C=O) groups is 1. The molecule has 2 aromatic carbocycles. The van der Waals surface area contributed by atoms with E-state index in [1.54, 1.807) is 12.1 Å². The predicted molar refractivity (Wildman–Crippen MR) is 113 cm³/mol. The first-order valence-corrected chi connectivity index (χ1v) is 12.6. The first-order valence-electron chi connectivity index (χ1n) is 9.22. The first kappa shape index (κ1) is 22.7. The molecule has 3 rings (SSSR count). The van der Waals surface area contributed by atoms with Gasteiger partial charge in [0.2, 0.25) is 26.0 Å². The van der Waals surface area contributed by atoms with Gasteiger partial charge in [-0.3, -0.25) is 4.79 Å². The minimum absolute atomic E-state index is 0.00657. The Labute approximate surface area is 181 Å². The van der Waals surface area contributed by atoms with Gasteiger partial charge in [-0.05, 0) is 54.8 Å². The highest BCUT2D eigenvalue weighted by Crippen LogP contribution is 2.25. The average molecular weight is 472 g/mol. The molecule has 0 aromatic heterocycles. The van der Waals surface area contributed by atoms with Crippen molar-refractivity contribution in [1.82, 2.24) is 9.62 Å². The standard InChI is InChI=1S/C19H22ClN3O5S2/c20-16-5-9-18(10-6-16)30(27,28)23-11-1-2-15(13-23)19(24)22-12-14-3-7-17(8-4-14)29(21,25)26/h3-10,15H,1-2,11-13H2,(H,22,24)(H2,21,25,26)/t15-/m1/s1. The van der Waals surface area contributed by atoms with Gasteiger partial charge in [0, 0.05) is 24.7 Å². The SMILES string of the molecule is NS(=O)(=O)c1ccc(CNC(=O)[C@@H]2CCCN(S(=O)(=O)c3ccc(Cl)cc3)C2)cc1. The zero-order valence-corrected chi connectivity index (χ0v) is 18.4. The molecule has 11 heteroatoms. The van der Waals surface area contributed by atoms with Crippen molar-refractivity contribution in [2.24, 2.45) is 11.1 Å². The summed E-state index contributed by atoms with van der Waals surface area (Å²) >= 11 is 5.83. The van der Waals surface area contributed by atoms with E-state index in [-0.39, 0.29) is 28.8 Å². The lowest BCUT2D eigenvalue weighted by Crippen LogP contribution is -2.45. The number of nitrogens with two attached hydrogens (primary N) is 1. The fraction of sp³-hybridized carbons (Fsp3) is 0.316. The lowest BCUT2D eigenvalue weighted by Gasteiger charge is -2.31. The van der Waals surface area contributed by atoms with Crippen molar-refractivity contribution >= 4 is 37.6 Å². The van der Waals surface area contributed by atoms with E-state index in [2.05, 4.69) is 5.32 Å². The minimum Gasteiger partial charge on any atom is -0.352 e. The van der Waals surface area contributed by atoms with E-state index in [0.29, 0.717) is 30.0 Å². The van der Waals surface area contributed by atoms with Crippen LogP contribution in [0.3, 0.4) is 0 Å². The fourth-order valence-electron chi connectivity index (χ4n) is 3.26. The van der Waals surface area contributed by atoms with E-state index >= 15 is 0 Å². The van der Waals surface area contributed by atoms with Crippen LogP contribution in [0.1, 0.15) is 18.4 Å². The third-order valence-corrected chi connectivity index (χ3v) is 7.99. The van der Waals surface area contributed by atoms with Crippen molar-refractivity contribution < 1.29 is 21.6 Å². The van der Waals surface area contributed by atoms with E-state index in [0.717, 1.165) is 0 Å². The molecule has 1 amide bonds. The van der Waals surface area contributed by atoms with Crippen LogP contribution in [0.25, 0.3) is 0 Å². The van der Waals surface area contributed by atoms with E-state index < -0.39 is 26.0 Å². The summed E-state index contributed by atoms with van der Waals surface area (Å²) in [5, 5.41) is 8.30. The maximum Gasteiger partial charge on any atom is 0.243 e. The molecule has 0 unspecified atom stereocenters. The average Bonchev–Trinajstić information content (AvgIpc) is 2.72. The zero-order valence-electron chi connectivity index (χ0n) is 16.0. The molecule has 30 heavy (non-hydrogen) atoms. The number of benzene rings is 2. The van der Waals surface area contributed by atoms with Gasteiger partial charge in [0.15, 0.2) is 0 Å². The Kier molecular flexibility index (Phi) is 6.83. The molecule has 8 nitrogen and oxygen atoms in total. The number of sulfonamides is 2. The highest BCUT2D eigenvalue weighted by atomic mass is 35.5. The Morgan fingerprint density at radius 1 is 1.03 bits per heavy atom. The molecule has 2 aromatic rings. The number of amides is 1. The number of halogens is 1. The highest BCUT2D eigenvalue weighted by molar-refractivity contribution is 7.89. The predicted octanol–water partition coefficient (Wildman–Crippen LogP) is 1.70. The number of primary sulfonamides is 1. The number of hydrogen-bond donors (Lipinski definition) is 2. The van der Waals surface area contributed by atoms with E-state index in [4.69, 9.17) is 16.7 Å². The van der Waals surface area contributed by atoms with Gasteiger partial charge in [-0.1, -0.05) is 23.7 Å². The van der Waals surface area contributed by atoms with Crippen LogP contribution in [0, 0.1) is 5.92 Å². The Balaban J connectivity index is 1.62. The zero-order chi connectivity index (χ0) is 21.9. The molecular formula is C19H22ClN3O5S2. The Morgan fingerprint density at radius 3 is 2.23 bits per heavy atom. The van der Waals surface area contributed by atoms with Crippen LogP contribution in [0.2, 0.25) is 5.02 Å². The first-order chi connectivity index (χ1) is 14.1. The van der Waals surface area contributed by atoms with Crippen LogP contribution in [0.15, 0.2) is 58.3 Å². The molecule has 1 fully saturated rings. The Bertz CT molecular complexity index is 1120. The molecule has 1 aliphatic heterocycles. The normalized spacial score (nSPS) is 18.1. The molecule has 0 bridgehead atoms. The van der Waals surface area contributed by atoms with Crippen LogP contribution < -0.4 is 10.5 Å². The second-order valence-corrected chi connectivity index (χ2v) is 11.0. The number of nitrogens with one attached hydrogen (secondary N) is 1. The largest absolute Gasteiger partial charge is 0.352 e. The van der Waals surface area contributed by atoms with Crippen molar-refractivity contribution in [1.29, 1.82) is 0 Å². The van der Waals surface area contributed by atoms with E-state index in [9.17, 15) is 21.6 Å². The Morgan fingerprint density at radius 2 is 1.63 bits per heavy atom. The van der Waals surface area contributed by atoms with Crippen molar-refractivity contribution in [2.75, 3.05) is 13.1 Å². The minimum atomic E-state index is -3.77. The summed E-state index contributed by atoms with van der Waals surface area (Å²) < 4.78 is 49.6. The number of piperidine rings is 1. The molecular weight excluding hydrogens is 450 g/mol. The van der Waals surface area contributed by atoms with E-state index in [1.165, 1.54) is 40.7 Å². The smallest absolute Gasteiger partial charge is 0.243 e. The fourth-order valence-corrected chi connectivity index (χ4v) is 5.43. The molecule has 0 aliphatic carbocycles. The summed E-state index contributed by atoms with van der Waals surface area (Å²) in [6.45, 7) is 0.648. The molecule has 1 atom stereocenters. The molecule has 0 saturated carbocycles. The maximum atomic E-state index is 12.9. The van der Waals surface area contributed by atoms with Crippen molar-refractivity contribution in [3.63, 3.8) is 0 Å². The number of hydrogen-bond acceptors (Lipinski definition) is 5. The lowest BCUT2D eigenvalue weighted by molar-refractivity contribution is -0.126. The van der Waals surface area contributed by atoms with Gasteiger partial charge in [0.25, 0.3) is 0 Å². The monoisotopic (exact) mass is 471 g/mol. The van der Waals surface area contributed by atoms with Gasteiger partial charge in [-0.15, -0.1) is 0 Å². The molecule has 0 spiro atoms. The molecule has 0 radical (unpaired) electrons. The number of nitrogens with zero attached hydrogens (tertiary/aromatic N) is 1. The third kappa shape index (κ3) is 5.38. The summed E-state index contributed by atoms with van der Waals surface area (Å²) in [5.41, 5.74) is 0.706. The maximum absolute atomic E-state index is 12.9. The second-order valence-electron chi connectivity index (χ2n) is 7.06. The van der Waals surface area contributed by atoms with Crippen LogP contribution in [-0.2, 0) is 31.4 Å². The molecule has 162 valence electrons. The van der Waals surface area contributed by atoms with Crippen molar-refractivity contribution in [3.8, 4) is 0 Å². The van der Waals surface area contributed by atoms with Crippen LogP contribution in [0.4, 0.5) is 0 Å².